The summed E-state index contributed by atoms with van der Waals surface area (Å²) >= 11 is 0. The number of hydrogen-bond acceptors (Lipinski definition) is 5. The summed E-state index contributed by atoms with van der Waals surface area (Å²) in [5, 5.41) is 5.40. The van der Waals surface area contributed by atoms with E-state index in [4.69, 9.17) is 5.73 Å². The summed E-state index contributed by atoms with van der Waals surface area (Å²) in [5.74, 6) is -0.0462. The molecule has 0 saturated heterocycles. The van der Waals surface area contributed by atoms with Crippen LogP contribution in [0, 0.1) is 0 Å². The van der Waals surface area contributed by atoms with Crippen molar-refractivity contribution in [2.75, 3.05) is 6.54 Å². The van der Waals surface area contributed by atoms with Gasteiger partial charge >= 0.3 is 0 Å². The zero-order chi connectivity index (χ0) is 26.2. The first-order valence-corrected chi connectivity index (χ1v) is 12.5. The number of rotatable bonds is 7. The zero-order valence-corrected chi connectivity index (χ0v) is 20.9. The molecule has 188 valence electrons. The smallest absolute Gasteiger partial charge is 0.263 e. The second kappa shape index (κ2) is 9.57. The van der Waals surface area contributed by atoms with E-state index < -0.39 is 0 Å². The van der Waals surface area contributed by atoms with Crippen molar-refractivity contribution in [3.8, 4) is 0 Å². The Bertz CT molecular complexity index is 1840. The number of amides is 1. The summed E-state index contributed by atoms with van der Waals surface area (Å²) in [6, 6.07) is 25.3. The lowest BCUT2D eigenvalue weighted by Crippen LogP contribution is -2.25. The molecule has 0 unspecified atom stereocenters. The highest BCUT2D eigenvalue weighted by Crippen LogP contribution is 2.21. The molecule has 8 heteroatoms. The van der Waals surface area contributed by atoms with Crippen LogP contribution < -0.4 is 11.1 Å². The number of aryl methyl sites for hydroxylation is 1. The predicted molar refractivity (Wildman–Crippen MR) is 148 cm³/mol. The maximum atomic E-state index is 13.3. The van der Waals surface area contributed by atoms with E-state index in [0.29, 0.717) is 35.2 Å². The van der Waals surface area contributed by atoms with Crippen LogP contribution in [0.1, 0.15) is 37.9 Å². The molecule has 0 aliphatic rings. The minimum absolute atomic E-state index is 0.172. The van der Waals surface area contributed by atoms with E-state index in [0.717, 1.165) is 17.5 Å². The number of carbonyl (C=O) groups is 2. The monoisotopic (exact) mass is 502 g/mol. The van der Waals surface area contributed by atoms with Gasteiger partial charge in [-0.25, -0.2) is 9.97 Å². The highest BCUT2D eigenvalue weighted by molar-refractivity contribution is 6.08. The van der Waals surface area contributed by atoms with Crippen LogP contribution in [-0.4, -0.2) is 37.8 Å². The third-order valence-corrected chi connectivity index (χ3v) is 6.90. The molecule has 4 aromatic carbocycles. The van der Waals surface area contributed by atoms with Crippen LogP contribution in [0.4, 0.5) is 0 Å². The van der Waals surface area contributed by atoms with Gasteiger partial charge in [-0.2, -0.15) is 0 Å². The first-order valence-electron chi connectivity index (χ1n) is 12.5. The molecule has 0 bridgehead atoms. The van der Waals surface area contributed by atoms with Crippen molar-refractivity contribution in [1.82, 2.24) is 24.8 Å². The van der Waals surface area contributed by atoms with E-state index in [9.17, 15) is 9.59 Å². The Morgan fingerprint density at radius 3 is 2.66 bits per heavy atom. The number of H-pyrrole nitrogens is 1. The second-order valence-electron chi connectivity index (χ2n) is 9.31. The first-order chi connectivity index (χ1) is 18.5. The van der Waals surface area contributed by atoms with E-state index in [1.165, 1.54) is 16.3 Å². The topological polar surface area (TPSA) is 119 Å². The Morgan fingerprint density at radius 2 is 1.79 bits per heavy atom. The summed E-state index contributed by atoms with van der Waals surface area (Å²) in [6.45, 7) is 0.911. The number of nitrogens with two attached hydrogens (primary N) is 1. The standard InChI is InChI=1S/C30H26N6O2/c1-36-26-16-21(30(38)32-14-13-20-7-4-6-19-5-2-3-8-22(19)20)10-12-24(26)35-29(36)27(37)28-33-23-11-9-18(17-31)15-25(23)34-28/h2-12,15-16H,13-14,17,31H2,1H3,(H,32,38)(H,33,34). The van der Waals surface area contributed by atoms with Crippen LogP contribution in [0.2, 0.25) is 0 Å². The quantitative estimate of drug-likeness (QED) is 0.282. The molecule has 6 rings (SSSR count). The summed E-state index contributed by atoms with van der Waals surface area (Å²) < 4.78 is 1.70. The SMILES string of the molecule is Cn1c(C(=O)c2nc3cc(CN)ccc3[nH]2)nc2ccc(C(=O)NCCc3cccc4ccccc34)cc21. The predicted octanol–water partition coefficient (Wildman–Crippen LogP) is 4.27. The Kier molecular flexibility index (Phi) is 5.94. The maximum absolute atomic E-state index is 13.3. The van der Waals surface area contributed by atoms with E-state index in [-0.39, 0.29) is 23.3 Å². The van der Waals surface area contributed by atoms with Crippen LogP contribution in [-0.2, 0) is 20.0 Å². The van der Waals surface area contributed by atoms with E-state index in [1.54, 1.807) is 29.8 Å². The Morgan fingerprint density at radius 1 is 0.947 bits per heavy atom. The molecule has 1 amide bonds. The van der Waals surface area contributed by atoms with Crippen molar-refractivity contribution in [2.45, 2.75) is 13.0 Å². The van der Waals surface area contributed by atoms with Gasteiger partial charge in [0, 0.05) is 25.7 Å². The molecule has 6 aromatic rings. The molecular weight excluding hydrogens is 476 g/mol. The molecule has 2 aromatic heterocycles. The highest BCUT2D eigenvalue weighted by Gasteiger charge is 2.21. The molecule has 0 aliphatic heterocycles. The largest absolute Gasteiger partial charge is 0.352 e. The fraction of sp³-hybridized carbons (Fsp3) is 0.133. The van der Waals surface area contributed by atoms with Crippen molar-refractivity contribution < 1.29 is 9.59 Å². The van der Waals surface area contributed by atoms with Gasteiger partial charge in [0.2, 0.25) is 0 Å². The van der Waals surface area contributed by atoms with Crippen LogP contribution in [0.5, 0.6) is 0 Å². The van der Waals surface area contributed by atoms with Crippen LogP contribution in [0.3, 0.4) is 0 Å². The number of ketones is 1. The number of carbonyl (C=O) groups excluding carboxylic acids is 2. The van der Waals surface area contributed by atoms with Crippen molar-refractivity contribution in [1.29, 1.82) is 0 Å². The summed E-state index contributed by atoms with van der Waals surface area (Å²) in [4.78, 5) is 38.3. The summed E-state index contributed by atoms with van der Waals surface area (Å²) in [5.41, 5.74) is 11.1. The third kappa shape index (κ3) is 4.21. The molecule has 0 aliphatic carbocycles. The fourth-order valence-corrected chi connectivity index (χ4v) is 4.85. The number of hydrogen-bond donors (Lipinski definition) is 3. The number of aromatic nitrogens is 4. The van der Waals surface area contributed by atoms with Crippen molar-refractivity contribution in [2.24, 2.45) is 12.8 Å². The van der Waals surface area contributed by atoms with Gasteiger partial charge in [0.05, 0.1) is 22.1 Å². The van der Waals surface area contributed by atoms with Crippen molar-refractivity contribution in [3.63, 3.8) is 0 Å². The zero-order valence-electron chi connectivity index (χ0n) is 20.9. The van der Waals surface area contributed by atoms with Gasteiger partial charge in [-0.15, -0.1) is 0 Å². The van der Waals surface area contributed by atoms with Gasteiger partial charge in [-0.05, 0) is 58.7 Å². The summed E-state index contributed by atoms with van der Waals surface area (Å²) in [7, 11) is 1.76. The summed E-state index contributed by atoms with van der Waals surface area (Å²) in [6.07, 6.45) is 0.726. The van der Waals surface area contributed by atoms with Gasteiger partial charge in [-0.3, -0.25) is 9.59 Å². The minimum Gasteiger partial charge on any atom is -0.352 e. The van der Waals surface area contributed by atoms with Gasteiger partial charge < -0.3 is 20.6 Å². The van der Waals surface area contributed by atoms with Gasteiger partial charge in [0.15, 0.2) is 11.6 Å². The molecular formula is C30H26N6O2. The molecule has 2 heterocycles. The van der Waals surface area contributed by atoms with E-state index >= 15 is 0 Å². The lowest BCUT2D eigenvalue weighted by molar-refractivity contribution is 0.0953. The highest BCUT2D eigenvalue weighted by atomic mass is 16.1. The van der Waals surface area contributed by atoms with Gasteiger partial charge in [0.1, 0.15) is 0 Å². The van der Waals surface area contributed by atoms with Gasteiger partial charge in [-0.1, -0.05) is 48.5 Å². The molecule has 0 radical (unpaired) electrons. The lowest BCUT2D eigenvalue weighted by Gasteiger charge is -2.08. The number of nitrogens with zero attached hydrogens (tertiary/aromatic N) is 3. The van der Waals surface area contributed by atoms with Crippen LogP contribution >= 0.6 is 0 Å². The molecule has 0 fully saturated rings. The van der Waals surface area contributed by atoms with E-state index in [1.807, 2.05) is 36.4 Å². The Hall–Kier alpha value is -4.82. The average molecular weight is 503 g/mol. The molecule has 0 saturated carbocycles. The number of fused-ring (bicyclic) bond motifs is 3. The number of imidazole rings is 2. The van der Waals surface area contributed by atoms with Crippen LogP contribution in [0.25, 0.3) is 32.8 Å². The molecule has 4 N–H and O–H groups in total. The second-order valence-corrected chi connectivity index (χ2v) is 9.31. The van der Waals surface area contributed by atoms with E-state index in [2.05, 4.69) is 44.5 Å². The van der Waals surface area contributed by atoms with Crippen LogP contribution in [0.15, 0.2) is 78.9 Å². The maximum Gasteiger partial charge on any atom is 0.263 e. The van der Waals surface area contributed by atoms with Crippen molar-refractivity contribution >= 4 is 44.5 Å². The normalized spacial score (nSPS) is 11.4. The minimum atomic E-state index is -0.324. The number of nitrogens with one attached hydrogen (secondary N) is 2. The Balaban J connectivity index is 1.20. The number of benzene rings is 4. The molecule has 38 heavy (non-hydrogen) atoms. The Labute approximate surface area is 218 Å². The van der Waals surface area contributed by atoms with Gasteiger partial charge in [0.25, 0.3) is 11.7 Å². The third-order valence-electron chi connectivity index (χ3n) is 6.90. The molecule has 0 spiro atoms. The first kappa shape index (κ1) is 23.6. The van der Waals surface area contributed by atoms with Crippen molar-refractivity contribution in [3.05, 3.63) is 107 Å². The molecule has 8 nitrogen and oxygen atoms in total. The lowest BCUT2D eigenvalue weighted by atomic mass is 10.0. The molecule has 0 atom stereocenters. The number of aromatic amines is 1. The fourth-order valence-electron chi connectivity index (χ4n) is 4.85. The average Bonchev–Trinajstić information content (AvgIpc) is 3.53.